The molecule has 174 valence electrons. The number of anilines is 1. The molecule has 0 unspecified atom stereocenters. The van der Waals surface area contributed by atoms with E-state index in [9.17, 15) is 4.79 Å². The van der Waals surface area contributed by atoms with Crippen LogP contribution < -0.4 is 25.4 Å². The number of nitrogens with zero attached hydrogens (tertiary/aromatic N) is 6. The first-order valence-corrected chi connectivity index (χ1v) is 9.80. The average molecular weight is 464 g/mol. The molecule has 0 radical (unpaired) electrons. The van der Waals surface area contributed by atoms with Gasteiger partial charge in [-0.15, -0.1) is 5.10 Å². The maximum absolute atomic E-state index is 13.0. The Balaban J connectivity index is 1.66. The minimum absolute atomic E-state index is 0.00684. The van der Waals surface area contributed by atoms with Crippen molar-refractivity contribution < 1.29 is 23.6 Å². The van der Waals surface area contributed by atoms with Gasteiger partial charge < -0.3 is 19.9 Å². The molecule has 0 aliphatic rings. The van der Waals surface area contributed by atoms with Crippen molar-refractivity contribution in [1.82, 2.24) is 30.7 Å². The number of hydrazone groups is 1. The minimum Gasteiger partial charge on any atom is -0.493 e. The summed E-state index contributed by atoms with van der Waals surface area (Å²) in [6.45, 7) is 0. The molecule has 0 aliphatic heterocycles. The summed E-state index contributed by atoms with van der Waals surface area (Å²) in [5.74, 6) is 0.761. The molecule has 0 aliphatic carbocycles. The van der Waals surface area contributed by atoms with Gasteiger partial charge in [0.05, 0.1) is 27.5 Å². The number of hydrogen-bond donors (Lipinski definition) is 2. The van der Waals surface area contributed by atoms with E-state index in [-0.39, 0.29) is 17.3 Å². The summed E-state index contributed by atoms with van der Waals surface area (Å²) in [6, 6.07) is 12.4. The molecule has 3 N–H and O–H groups in total. The molecule has 4 rings (SSSR count). The van der Waals surface area contributed by atoms with Gasteiger partial charge in [0.2, 0.25) is 17.4 Å². The van der Waals surface area contributed by atoms with Gasteiger partial charge in [-0.3, -0.25) is 4.79 Å². The predicted molar refractivity (Wildman–Crippen MR) is 120 cm³/mol. The number of carbonyl (C=O) groups excluding carboxylic acids is 1. The summed E-state index contributed by atoms with van der Waals surface area (Å²) in [6.07, 6.45) is 1.41. The fourth-order valence-corrected chi connectivity index (χ4v) is 3.22. The zero-order valence-corrected chi connectivity index (χ0v) is 18.4. The molecule has 0 spiro atoms. The number of nitrogens with one attached hydrogen (secondary N) is 1. The number of rotatable bonds is 8. The van der Waals surface area contributed by atoms with Gasteiger partial charge >= 0.3 is 0 Å². The number of nitrogen functional groups attached to an aromatic ring is 1. The van der Waals surface area contributed by atoms with Crippen LogP contribution >= 0.6 is 0 Å². The molecule has 13 heteroatoms. The lowest BCUT2D eigenvalue weighted by atomic mass is 10.1. The Labute approximate surface area is 193 Å². The van der Waals surface area contributed by atoms with E-state index >= 15 is 0 Å². The van der Waals surface area contributed by atoms with Crippen LogP contribution in [0, 0.1) is 0 Å². The van der Waals surface area contributed by atoms with Crippen LogP contribution in [0.1, 0.15) is 16.1 Å². The van der Waals surface area contributed by atoms with E-state index in [1.807, 2.05) is 6.07 Å². The lowest BCUT2D eigenvalue weighted by Crippen LogP contribution is -2.19. The van der Waals surface area contributed by atoms with Gasteiger partial charge in [-0.05, 0) is 22.4 Å². The van der Waals surface area contributed by atoms with E-state index in [1.54, 1.807) is 36.4 Å². The molecule has 13 nitrogen and oxygen atoms in total. The van der Waals surface area contributed by atoms with Crippen molar-refractivity contribution >= 4 is 17.9 Å². The Hall–Kier alpha value is -4.94. The Morgan fingerprint density at radius 3 is 2.47 bits per heavy atom. The zero-order chi connectivity index (χ0) is 24.1. The second-order valence-corrected chi connectivity index (χ2v) is 6.66. The van der Waals surface area contributed by atoms with Gasteiger partial charge in [-0.2, -0.15) is 9.78 Å². The van der Waals surface area contributed by atoms with E-state index in [0.717, 1.165) is 0 Å². The largest absolute Gasteiger partial charge is 0.493 e. The van der Waals surface area contributed by atoms with Crippen molar-refractivity contribution in [3.63, 3.8) is 0 Å². The number of nitrogens with two attached hydrogens (primary N) is 1. The number of hydrogen-bond acceptors (Lipinski definition) is 11. The molecule has 34 heavy (non-hydrogen) atoms. The third kappa shape index (κ3) is 4.09. The number of aromatic nitrogens is 5. The normalized spacial score (nSPS) is 10.9. The lowest BCUT2D eigenvalue weighted by Gasteiger charge is -2.13. The second-order valence-electron chi connectivity index (χ2n) is 6.66. The highest BCUT2D eigenvalue weighted by molar-refractivity contribution is 5.99. The summed E-state index contributed by atoms with van der Waals surface area (Å²) < 4.78 is 22.0. The first kappa shape index (κ1) is 22.3. The van der Waals surface area contributed by atoms with Crippen molar-refractivity contribution in [3.8, 4) is 34.3 Å². The second kappa shape index (κ2) is 9.68. The Bertz CT molecular complexity index is 1330. The van der Waals surface area contributed by atoms with E-state index in [1.165, 1.54) is 32.2 Å². The van der Waals surface area contributed by atoms with Crippen LogP contribution in [0.3, 0.4) is 0 Å². The summed E-state index contributed by atoms with van der Waals surface area (Å²) in [5, 5.41) is 19.3. The molecular weight excluding hydrogens is 444 g/mol. The van der Waals surface area contributed by atoms with Gasteiger partial charge in [-0.25, -0.2) is 10.1 Å². The van der Waals surface area contributed by atoms with Crippen molar-refractivity contribution in [2.45, 2.75) is 0 Å². The number of methoxy groups -OCH3 is 3. The Kier molecular flexibility index (Phi) is 6.34. The van der Waals surface area contributed by atoms with Crippen LogP contribution in [0.4, 0.5) is 5.82 Å². The van der Waals surface area contributed by atoms with Crippen LogP contribution in [0.25, 0.3) is 17.1 Å². The van der Waals surface area contributed by atoms with Gasteiger partial charge in [-0.1, -0.05) is 35.5 Å². The highest BCUT2D eigenvalue weighted by atomic mass is 16.6. The molecule has 0 atom stereocenters. The SMILES string of the molecule is COc1ccc(/C=N\NC(=O)c2nnn(-c3nonc3N)c2-c2ccccc2)c(OC)c1OC. The Morgan fingerprint density at radius 1 is 1.06 bits per heavy atom. The third-order valence-electron chi connectivity index (χ3n) is 4.73. The number of amides is 1. The van der Waals surface area contributed by atoms with Crippen LogP contribution in [-0.2, 0) is 0 Å². The molecule has 0 fully saturated rings. The van der Waals surface area contributed by atoms with Crippen molar-refractivity contribution in [2.75, 3.05) is 27.1 Å². The monoisotopic (exact) mass is 464 g/mol. The maximum Gasteiger partial charge on any atom is 0.294 e. The summed E-state index contributed by atoms with van der Waals surface area (Å²) in [7, 11) is 4.50. The lowest BCUT2D eigenvalue weighted by molar-refractivity contribution is 0.0950. The molecule has 4 aromatic rings. The van der Waals surface area contributed by atoms with Gasteiger partial charge in [0.1, 0.15) is 5.69 Å². The van der Waals surface area contributed by atoms with Crippen molar-refractivity contribution in [2.24, 2.45) is 5.10 Å². The average Bonchev–Trinajstić information content (AvgIpc) is 3.49. The van der Waals surface area contributed by atoms with Crippen LogP contribution in [0.5, 0.6) is 17.2 Å². The van der Waals surface area contributed by atoms with E-state index in [2.05, 4.69) is 35.8 Å². The first-order valence-electron chi connectivity index (χ1n) is 9.80. The predicted octanol–water partition coefficient (Wildman–Crippen LogP) is 1.69. The third-order valence-corrected chi connectivity index (χ3v) is 4.73. The quantitative estimate of drug-likeness (QED) is 0.289. The van der Waals surface area contributed by atoms with E-state index in [0.29, 0.717) is 34.1 Å². The fraction of sp³-hybridized carbons (Fsp3) is 0.143. The Morgan fingerprint density at radius 2 is 1.82 bits per heavy atom. The zero-order valence-electron chi connectivity index (χ0n) is 18.4. The maximum atomic E-state index is 13.0. The molecule has 2 aromatic carbocycles. The number of benzene rings is 2. The summed E-state index contributed by atoms with van der Waals surface area (Å²) in [5.41, 5.74) is 9.77. The van der Waals surface area contributed by atoms with Gasteiger partial charge in [0, 0.05) is 11.1 Å². The number of ether oxygens (including phenoxy) is 3. The van der Waals surface area contributed by atoms with Crippen LogP contribution in [0.15, 0.2) is 52.2 Å². The molecule has 1 amide bonds. The van der Waals surface area contributed by atoms with Crippen molar-refractivity contribution in [1.29, 1.82) is 0 Å². The highest BCUT2D eigenvalue weighted by Gasteiger charge is 2.25. The van der Waals surface area contributed by atoms with Gasteiger partial charge in [0.15, 0.2) is 17.2 Å². The van der Waals surface area contributed by atoms with E-state index < -0.39 is 5.91 Å². The molecular formula is C21H20N8O5. The standard InChI is InChI=1S/C21H20N8O5/c1-31-14-10-9-13(17(32-2)18(14)33-3)11-23-25-21(30)15-16(12-7-5-4-6-8-12)29(28-24-15)20-19(22)26-34-27-20/h4-11H,1-3H3,(H2,22,26)(H,25,30)/b23-11-. The van der Waals surface area contributed by atoms with Crippen LogP contribution in [0.2, 0.25) is 0 Å². The smallest absolute Gasteiger partial charge is 0.294 e. The van der Waals surface area contributed by atoms with Crippen molar-refractivity contribution in [3.05, 3.63) is 53.7 Å². The first-order chi connectivity index (χ1) is 16.6. The fourth-order valence-electron chi connectivity index (χ4n) is 3.22. The number of carbonyl (C=O) groups is 1. The topological polar surface area (TPSA) is 165 Å². The molecule has 2 heterocycles. The minimum atomic E-state index is -0.615. The van der Waals surface area contributed by atoms with Gasteiger partial charge in [0.25, 0.3) is 5.91 Å². The van der Waals surface area contributed by atoms with Crippen LogP contribution in [-0.4, -0.2) is 58.8 Å². The summed E-state index contributed by atoms with van der Waals surface area (Å²) in [4.78, 5) is 13.0. The highest BCUT2D eigenvalue weighted by Crippen LogP contribution is 2.39. The molecule has 2 aromatic heterocycles. The molecule has 0 bridgehead atoms. The molecule has 0 saturated heterocycles. The summed E-state index contributed by atoms with van der Waals surface area (Å²) >= 11 is 0. The van der Waals surface area contributed by atoms with E-state index in [4.69, 9.17) is 19.9 Å². The molecule has 0 saturated carbocycles.